The number of thiophene rings is 1. The molecule has 0 saturated heterocycles. The van der Waals surface area contributed by atoms with Crippen molar-refractivity contribution in [1.29, 1.82) is 0 Å². The zero-order valence-corrected chi connectivity index (χ0v) is 24.5. The van der Waals surface area contributed by atoms with Crippen LogP contribution in [-0.2, 0) is 13.0 Å². The molecule has 0 amide bonds. The van der Waals surface area contributed by atoms with Crippen molar-refractivity contribution >= 4 is 54.7 Å². The summed E-state index contributed by atoms with van der Waals surface area (Å²) in [5.41, 5.74) is 2.84. The number of aromatic nitrogens is 2. The van der Waals surface area contributed by atoms with E-state index in [0.717, 1.165) is 65.3 Å². The highest BCUT2D eigenvalue weighted by Gasteiger charge is 2.14. The lowest BCUT2D eigenvalue weighted by molar-refractivity contribution is 0.265. The van der Waals surface area contributed by atoms with Crippen molar-refractivity contribution in [2.75, 3.05) is 45.6 Å². The van der Waals surface area contributed by atoms with Crippen LogP contribution >= 0.6 is 22.9 Å². The van der Waals surface area contributed by atoms with E-state index < -0.39 is 0 Å². The Hall–Kier alpha value is -3.30. The fourth-order valence-electron chi connectivity index (χ4n) is 4.45. The number of hydrogen-bond donors (Lipinski definition) is 1. The van der Waals surface area contributed by atoms with E-state index in [-0.39, 0.29) is 12.4 Å². The van der Waals surface area contributed by atoms with Crippen LogP contribution in [0.4, 0.5) is 15.9 Å². The second-order valence-electron chi connectivity index (χ2n) is 9.97. The summed E-state index contributed by atoms with van der Waals surface area (Å²) in [4.78, 5) is 14.7. The average Bonchev–Trinajstić information content (AvgIpc) is 3.33. The van der Waals surface area contributed by atoms with E-state index in [1.165, 1.54) is 22.4 Å². The number of fused-ring (bicyclic) bond motifs is 3. The number of nitrogens with one attached hydrogen (secondary N) is 1. The molecule has 0 aliphatic rings. The molecule has 2 heterocycles. The van der Waals surface area contributed by atoms with Gasteiger partial charge in [-0.25, -0.2) is 14.4 Å². The van der Waals surface area contributed by atoms with Crippen molar-refractivity contribution in [3.8, 4) is 5.75 Å². The quantitative estimate of drug-likeness (QED) is 0.167. The van der Waals surface area contributed by atoms with Crippen LogP contribution in [0.1, 0.15) is 18.1 Å². The molecule has 208 valence electrons. The number of ether oxygens (including phenoxy) is 1. The largest absolute Gasteiger partial charge is 0.487 e. The second-order valence-corrected chi connectivity index (χ2v) is 11.4. The molecule has 6 nitrogen and oxygen atoms in total. The van der Waals surface area contributed by atoms with Gasteiger partial charge in [-0.3, -0.25) is 0 Å². The van der Waals surface area contributed by atoms with Gasteiger partial charge in [-0.05, 0) is 74.6 Å². The van der Waals surface area contributed by atoms with Gasteiger partial charge in [0.1, 0.15) is 35.1 Å². The fraction of sp³-hybridized carbons (Fsp3) is 0.290. The van der Waals surface area contributed by atoms with Crippen LogP contribution in [0.15, 0.2) is 67.0 Å². The first kappa shape index (κ1) is 28.2. The molecule has 0 unspecified atom stereocenters. The molecule has 0 saturated carbocycles. The number of hydrogen-bond acceptors (Lipinski definition) is 7. The molecular formula is C31H33ClFN5OS. The van der Waals surface area contributed by atoms with Crippen LogP contribution < -0.4 is 10.1 Å². The van der Waals surface area contributed by atoms with Crippen LogP contribution in [0.5, 0.6) is 5.75 Å². The van der Waals surface area contributed by atoms with Gasteiger partial charge in [0.05, 0.1) is 10.4 Å². The minimum absolute atomic E-state index is 0.228. The Morgan fingerprint density at radius 1 is 0.950 bits per heavy atom. The van der Waals surface area contributed by atoms with Crippen molar-refractivity contribution in [3.63, 3.8) is 0 Å². The van der Waals surface area contributed by atoms with Crippen LogP contribution in [0, 0.1) is 5.82 Å². The molecule has 0 fully saturated rings. The van der Waals surface area contributed by atoms with Gasteiger partial charge in [-0.2, -0.15) is 0 Å². The maximum absolute atomic E-state index is 13.5. The third-order valence-electron chi connectivity index (χ3n) is 7.00. The Morgan fingerprint density at radius 3 is 2.60 bits per heavy atom. The van der Waals surface area contributed by atoms with Crippen LogP contribution in [0.2, 0.25) is 5.02 Å². The number of benzene rings is 3. The predicted molar refractivity (Wildman–Crippen MR) is 165 cm³/mol. The first-order valence-corrected chi connectivity index (χ1v) is 14.6. The Morgan fingerprint density at radius 2 is 1.80 bits per heavy atom. The van der Waals surface area contributed by atoms with E-state index in [0.29, 0.717) is 10.8 Å². The lowest BCUT2D eigenvalue weighted by Crippen LogP contribution is -2.31. The zero-order valence-electron chi connectivity index (χ0n) is 23.0. The third-order valence-corrected chi connectivity index (χ3v) is 8.35. The van der Waals surface area contributed by atoms with Crippen molar-refractivity contribution in [2.45, 2.75) is 20.0 Å². The summed E-state index contributed by atoms with van der Waals surface area (Å²) in [6.45, 7) is 6.64. The molecule has 5 aromatic rings. The fourth-order valence-corrected chi connectivity index (χ4v) is 5.80. The topological polar surface area (TPSA) is 53.5 Å². The summed E-state index contributed by atoms with van der Waals surface area (Å²) in [7, 11) is 4.34. The molecule has 2 aromatic heterocycles. The minimum Gasteiger partial charge on any atom is -0.487 e. The predicted octanol–water partition coefficient (Wildman–Crippen LogP) is 7.39. The number of likely N-dealkylation sites (N-methyl/N-ethyl adjacent to an activating group) is 2. The minimum atomic E-state index is -0.293. The summed E-state index contributed by atoms with van der Waals surface area (Å²) in [5.74, 6) is 0.966. The second kappa shape index (κ2) is 12.9. The van der Waals surface area contributed by atoms with Gasteiger partial charge in [-0.15, -0.1) is 11.3 Å². The first-order chi connectivity index (χ1) is 19.4. The molecule has 1 N–H and O–H groups in total. The average molecular weight is 578 g/mol. The summed E-state index contributed by atoms with van der Waals surface area (Å²) in [6.07, 6.45) is 2.58. The van der Waals surface area contributed by atoms with Crippen molar-refractivity contribution in [1.82, 2.24) is 19.8 Å². The summed E-state index contributed by atoms with van der Waals surface area (Å²) in [6, 6.07) is 18.5. The SMILES string of the molecule is CCN(C)CCN(C)CCc1ccc2c(c1)sc1ncnc(Nc3ccc(OCc4cccc(F)c4)c(Cl)c3)c12. The van der Waals surface area contributed by atoms with Gasteiger partial charge in [0.15, 0.2) is 0 Å². The lowest BCUT2D eigenvalue weighted by atomic mass is 10.1. The molecule has 0 atom stereocenters. The molecule has 5 rings (SSSR count). The van der Waals surface area contributed by atoms with Gasteiger partial charge in [-0.1, -0.05) is 42.8 Å². The summed E-state index contributed by atoms with van der Waals surface area (Å²) < 4.78 is 20.5. The highest BCUT2D eigenvalue weighted by atomic mass is 35.5. The third kappa shape index (κ3) is 6.88. The van der Waals surface area contributed by atoms with Crippen LogP contribution in [0.25, 0.3) is 20.3 Å². The number of rotatable bonds is 12. The molecule has 0 bridgehead atoms. The van der Waals surface area contributed by atoms with Crippen molar-refractivity contribution in [3.05, 3.63) is 89.0 Å². The Labute approximate surface area is 243 Å². The number of halogens is 2. The highest BCUT2D eigenvalue weighted by molar-refractivity contribution is 7.25. The number of anilines is 2. The Bertz CT molecular complexity index is 1610. The molecule has 0 spiro atoms. The molecule has 0 aliphatic heterocycles. The van der Waals surface area contributed by atoms with Crippen molar-refractivity contribution < 1.29 is 9.13 Å². The number of nitrogens with zero attached hydrogens (tertiary/aromatic N) is 4. The van der Waals surface area contributed by atoms with Gasteiger partial charge in [0.25, 0.3) is 0 Å². The molecule has 40 heavy (non-hydrogen) atoms. The first-order valence-electron chi connectivity index (χ1n) is 13.4. The van der Waals surface area contributed by atoms with Gasteiger partial charge in [0.2, 0.25) is 0 Å². The van der Waals surface area contributed by atoms with E-state index >= 15 is 0 Å². The van der Waals surface area contributed by atoms with E-state index in [1.807, 2.05) is 12.1 Å². The van der Waals surface area contributed by atoms with Crippen molar-refractivity contribution in [2.24, 2.45) is 0 Å². The van der Waals surface area contributed by atoms with Crippen LogP contribution in [-0.4, -0.2) is 60.0 Å². The molecule has 9 heteroatoms. The van der Waals surface area contributed by atoms with E-state index in [2.05, 4.69) is 64.3 Å². The molecule has 0 aliphatic carbocycles. The van der Waals surface area contributed by atoms with Gasteiger partial charge in [0, 0.05) is 35.4 Å². The molecule has 3 aromatic carbocycles. The van der Waals surface area contributed by atoms with Gasteiger partial charge < -0.3 is 19.9 Å². The Kier molecular flexibility index (Phi) is 9.11. The van der Waals surface area contributed by atoms with E-state index in [1.54, 1.807) is 35.9 Å². The zero-order chi connectivity index (χ0) is 28.1. The molecular weight excluding hydrogens is 545 g/mol. The monoisotopic (exact) mass is 577 g/mol. The van der Waals surface area contributed by atoms with Gasteiger partial charge >= 0.3 is 0 Å². The van der Waals surface area contributed by atoms with E-state index in [9.17, 15) is 4.39 Å². The standard InChI is InChI=1S/C31H33ClFN5OS/c1-4-37(2)14-15-38(3)13-12-21-8-10-25-28(17-21)40-31-29(25)30(34-20-35-31)36-24-9-11-27(26(32)18-24)39-19-22-6-5-7-23(33)16-22/h5-11,16-18,20H,4,12-15,19H2,1-3H3,(H,34,35,36). The van der Waals surface area contributed by atoms with E-state index in [4.69, 9.17) is 16.3 Å². The normalized spacial score (nSPS) is 11.7. The maximum atomic E-state index is 13.5. The molecule has 0 radical (unpaired) electrons. The van der Waals surface area contributed by atoms with Crippen LogP contribution in [0.3, 0.4) is 0 Å². The maximum Gasteiger partial charge on any atom is 0.143 e. The smallest absolute Gasteiger partial charge is 0.143 e. The summed E-state index contributed by atoms with van der Waals surface area (Å²) >= 11 is 8.20. The summed E-state index contributed by atoms with van der Waals surface area (Å²) in [5, 5.41) is 6.00. The Balaban J connectivity index is 1.29. The lowest BCUT2D eigenvalue weighted by Gasteiger charge is -2.20. The highest BCUT2D eigenvalue weighted by Crippen LogP contribution is 2.38.